The fourth-order valence-electron chi connectivity index (χ4n) is 4.10. The molecule has 4 rings (SSSR count). The molecule has 1 unspecified atom stereocenters. The predicted octanol–water partition coefficient (Wildman–Crippen LogP) is 2.82. The van der Waals surface area contributed by atoms with Crippen molar-refractivity contribution in [1.82, 2.24) is 24.5 Å². The second-order valence-electron chi connectivity index (χ2n) is 7.68. The first-order chi connectivity index (χ1) is 14.0. The minimum atomic E-state index is 0.240. The lowest BCUT2D eigenvalue weighted by Crippen LogP contribution is -2.37. The summed E-state index contributed by atoms with van der Waals surface area (Å²) in [6.45, 7) is 7.27. The topological polar surface area (TPSA) is 71.9 Å². The average Bonchev–Trinajstić information content (AvgIpc) is 3.21. The number of nitrogens with zero attached hydrogens (tertiary/aromatic N) is 6. The van der Waals surface area contributed by atoms with Crippen LogP contribution in [0.15, 0.2) is 30.5 Å². The Morgan fingerprint density at radius 3 is 2.62 bits per heavy atom. The zero-order chi connectivity index (χ0) is 20.5. The van der Waals surface area contributed by atoms with Crippen molar-refractivity contribution in [3.8, 4) is 17.3 Å². The normalized spacial score (nSPS) is 17.4. The Hall–Kier alpha value is -2.95. The number of hydrogen-bond donors (Lipinski definition) is 0. The number of hydrogen-bond acceptors (Lipinski definition) is 5. The van der Waals surface area contributed by atoms with Gasteiger partial charge in [-0.1, -0.05) is 12.1 Å². The van der Waals surface area contributed by atoms with Gasteiger partial charge in [0.1, 0.15) is 0 Å². The summed E-state index contributed by atoms with van der Waals surface area (Å²) in [6, 6.07) is 9.96. The lowest BCUT2D eigenvalue weighted by atomic mass is 10.0. The van der Waals surface area contributed by atoms with Crippen LogP contribution in [0, 0.1) is 25.2 Å². The molecule has 1 aliphatic heterocycles. The van der Waals surface area contributed by atoms with Crippen LogP contribution in [-0.4, -0.2) is 51.3 Å². The number of benzene rings is 1. The summed E-state index contributed by atoms with van der Waals surface area (Å²) in [6.07, 6.45) is 2.04. The smallest absolute Gasteiger partial charge is 0.0991 e. The van der Waals surface area contributed by atoms with Crippen molar-refractivity contribution in [2.24, 2.45) is 7.05 Å². The molecule has 1 saturated heterocycles. The minimum absolute atomic E-state index is 0.240. The van der Waals surface area contributed by atoms with Crippen molar-refractivity contribution in [2.45, 2.75) is 26.4 Å². The van der Waals surface area contributed by atoms with Crippen molar-refractivity contribution < 1.29 is 4.74 Å². The van der Waals surface area contributed by atoms with Gasteiger partial charge < -0.3 is 4.74 Å². The highest BCUT2D eigenvalue weighted by atomic mass is 16.5. The van der Waals surface area contributed by atoms with Gasteiger partial charge in [-0.3, -0.25) is 14.3 Å². The second-order valence-corrected chi connectivity index (χ2v) is 7.68. The molecule has 1 aliphatic rings. The van der Waals surface area contributed by atoms with E-state index < -0.39 is 0 Å². The summed E-state index contributed by atoms with van der Waals surface area (Å²) < 4.78 is 9.63. The Balaban J connectivity index is 1.67. The van der Waals surface area contributed by atoms with E-state index in [0.29, 0.717) is 18.7 Å². The lowest BCUT2D eigenvalue weighted by Gasteiger charge is -2.32. The lowest BCUT2D eigenvalue weighted by molar-refractivity contribution is 0.00457. The van der Waals surface area contributed by atoms with Gasteiger partial charge in [0.15, 0.2) is 0 Å². The van der Waals surface area contributed by atoms with Gasteiger partial charge in [0.05, 0.1) is 48.8 Å². The fourth-order valence-corrected chi connectivity index (χ4v) is 4.10. The molecule has 2 aromatic heterocycles. The molecule has 0 saturated carbocycles. The molecule has 0 bridgehead atoms. The molecular formula is C22H26N6O. The van der Waals surface area contributed by atoms with Gasteiger partial charge in [-0.05, 0) is 33.0 Å². The van der Waals surface area contributed by atoms with Crippen LogP contribution in [0.4, 0.5) is 0 Å². The molecule has 0 spiro atoms. The van der Waals surface area contributed by atoms with Crippen LogP contribution in [0.3, 0.4) is 0 Å². The van der Waals surface area contributed by atoms with Crippen LogP contribution in [0.25, 0.3) is 11.3 Å². The minimum Gasteiger partial charge on any atom is -0.378 e. The van der Waals surface area contributed by atoms with E-state index in [1.165, 1.54) is 11.3 Å². The third kappa shape index (κ3) is 3.69. The van der Waals surface area contributed by atoms with Crippen LogP contribution in [-0.2, 0) is 18.3 Å². The van der Waals surface area contributed by atoms with Crippen molar-refractivity contribution in [2.75, 3.05) is 26.8 Å². The molecule has 3 aromatic rings. The Bertz CT molecular complexity index is 1060. The molecule has 1 atom stereocenters. The number of likely N-dealkylation sites (N-methyl/N-ethyl adjacent to an activating group) is 1. The van der Waals surface area contributed by atoms with Crippen molar-refractivity contribution in [3.63, 3.8) is 0 Å². The number of morpholine rings is 1. The van der Waals surface area contributed by atoms with Crippen LogP contribution < -0.4 is 0 Å². The monoisotopic (exact) mass is 390 g/mol. The van der Waals surface area contributed by atoms with Gasteiger partial charge in [-0.25, -0.2) is 0 Å². The fraction of sp³-hybridized carbons (Fsp3) is 0.409. The summed E-state index contributed by atoms with van der Waals surface area (Å²) in [5, 5.41) is 18.5. The van der Waals surface area contributed by atoms with E-state index in [9.17, 15) is 0 Å². The van der Waals surface area contributed by atoms with Crippen LogP contribution in [0.1, 0.15) is 34.1 Å². The van der Waals surface area contributed by atoms with E-state index >= 15 is 0 Å². The SMILES string of the molecule is Cc1nn(Cc2cn(C)nc2-c2ccc(C#N)cc2)c(C)c1C1COCCN1C. The number of aryl methyl sites for hydroxylation is 2. The predicted molar refractivity (Wildman–Crippen MR) is 110 cm³/mol. The highest BCUT2D eigenvalue weighted by Gasteiger charge is 2.27. The van der Waals surface area contributed by atoms with Gasteiger partial charge in [0, 0.05) is 42.2 Å². The molecule has 1 fully saturated rings. The number of ether oxygens (including phenoxy) is 1. The first-order valence-electron chi connectivity index (χ1n) is 9.83. The van der Waals surface area contributed by atoms with Crippen LogP contribution >= 0.6 is 0 Å². The Labute approximate surface area is 171 Å². The molecule has 29 heavy (non-hydrogen) atoms. The quantitative estimate of drug-likeness (QED) is 0.685. The maximum Gasteiger partial charge on any atom is 0.0991 e. The van der Waals surface area contributed by atoms with Crippen molar-refractivity contribution in [1.29, 1.82) is 5.26 Å². The molecule has 7 heteroatoms. The third-order valence-electron chi connectivity index (χ3n) is 5.68. The average molecular weight is 390 g/mol. The van der Waals surface area contributed by atoms with Crippen LogP contribution in [0.2, 0.25) is 0 Å². The van der Waals surface area contributed by atoms with Gasteiger partial charge in [-0.15, -0.1) is 0 Å². The van der Waals surface area contributed by atoms with E-state index in [0.717, 1.165) is 35.7 Å². The molecule has 1 aromatic carbocycles. The van der Waals surface area contributed by atoms with Gasteiger partial charge in [0.2, 0.25) is 0 Å². The highest BCUT2D eigenvalue weighted by molar-refractivity contribution is 5.63. The van der Waals surface area contributed by atoms with Gasteiger partial charge in [0.25, 0.3) is 0 Å². The number of nitriles is 1. The van der Waals surface area contributed by atoms with E-state index in [4.69, 9.17) is 15.1 Å². The Kier molecular flexibility index (Phi) is 5.22. The maximum absolute atomic E-state index is 9.04. The van der Waals surface area contributed by atoms with Gasteiger partial charge in [-0.2, -0.15) is 15.5 Å². The summed E-state index contributed by atoms with van der Waals surface area (Å²) in [4.78, 5) is 2.34. The molecular weight excluding hydrogens is 364 g/mol. The molecule has 150 valence electrons. The van der Waals surface area contributed by atoms with E-state index in [2.05, 4.69) is 41.6 Å². The summed E-state index contributed by atoms with van der Waals surface area (Å²) in [5.41, 5.74) is 7.14. The van der Waals surface area contributed by atoms with Crippen molar-refractivity contribution >= 4 is 0 Å². The Morgan fingerprint density at radius 1 is 1.17 bits per heavy atom. The largest absolute Gasteiger partial charge is 0.378 e. The molecule has 0 radical (unpaired) electrons. The number of rotatable bonds is 4. The summed E-state index contributed by atoms with van der Waals surface area (Å²) in [7, 11) is 4.07. The standard InChI is InChI=1S/C22H26N6O/c1-15-21(20-14-29-10-9-26(20)3)16(2)28(24-15)13-19-12-27(4)25-22(19)18-7-5-17(11-23)6-8-18/h5-8,12,20H,9-10,13-14H2,1-4H3. The maximum atomic E-state index is 9.04. The molecule has 0 aliphatic carbocycles. The molecule has 7 nitrogen and oxygen atoms in total. The molecule has 0 amide bonds. The molecule has 3 heterocycles. The number of aromatic nitrogens is 4. The van der Waals surface area contributed by atoms with E-state index in [-0.39, 0.29) is 6.04 Å². The highest BCUT2D eigenvalue weighted by Crippen LogP contribution is 2.30. The van der Waals surface area contributed by atoms with E-state index in [1.54, 1.807) is 0 Å². The Morgan fingerprint density at radius 2 is 1.93 bits per heavy atom. The van der Waals surface area contributed by atoms with Crippen LogP contribution in [0.5, 0.6) is 0 Å². The summed E-state index contributed by atoms with van der Waals surface area (Å²) >= 11 is 0. The zero-order valence-electron chi connectivity index (χ0n) is 17.4. The third-order valence-corrected chi connectivity index (χ3v) is 5.68. The summed E-state index contributed by atoms with van der Waals surface area (Å²) in [5.74, 6) is 0. The van der Waals surface area contributed by atoms with Crippen molar-refractivity contribution in [3.05, 3.63) is 58.5 Å². The molecule has 0 N–H and O–H groups in total. The first-order valence-corrected chi connectivity index (χ1v) is 9.83. The van der Waals surface area contributed by atoms with Gasteiger partial charge >= 0.3 is 0 Å². The zero-order valence-corrected chi connectivity index (χ0v) is 17.4. The van der Waals surface area contributed by atoms with E-state index in [1.807, 2.05) is 42.2 Å². The second kappa shape index (κ2) is 7.82. The first kappa shape index (κ1) is 19.4.